The highest BCUT2D eigenvalue weighted by Crippen LogP contribution is 2.35. The quantitative estimate of drug-likeness (QED) is 0.135. The van der Waals surface area contributed by atoms with Crippen molar-refractivity contribution in [3.05, 3.63) is 193 Å². The average molecular weight is 793 g/mol. The van der Waals surface area contributed by atoms with E-state index in [1.54, 1.807) is 24.6 Å². The normalized spacial score (nSPS) is 12.2. The molecule has 296 valence electrons. The number of phenols is 2. The van der Waals surface area contributed by atoms with E-state index in [4.69, 9.17) is 9.98 Å². The SMILES string of the molecule is CC(C)(C/N=C/c1ccc(-c2ccc(-n3c4ccccc4c4ccccc43)cc2)cc1O)C/N=C/c1ccc(-c2ccc(-n3c4ccccc4c4ccccc43)cc2)cc1O. The number of nitrogens with zero attached hydrogens (tertiary/aromatic N) is 4. The molecular formula is C55H44N4O2. The summed E-state index contributed by atoms with van der Waals surface area (Å²) < 4.78 is 4.60. The molecule has 2 aromatic heterocycles. The molecule has 2 N–H and O–H groups in total. The van der Waals surface area contributed by atoms with Gasteiger partial charge in [-0.25, -0.2) is 0 Å². The molecule has 10 rings (SSSR count). The van der Waals surface area contributed by atoms with Crippen LogP contribution in [0.5, 0.6) is 11.5 Å². The Morgan fingerprint density at radius 3 is 1.05 bits per heavy atom. The van der Waals surface area contributed by atoms with Crippen molar-refractivity contribution in [2.45, 2.75) is 13.8 Å². The van der Waals surface area contributed by atoms with Crippen LogP contribution >= 0.6 is 0 Å². The van der Waals surface area contributed by atoms with Crippen molar-refractivity contribution < 1.29 is 10.2 Å². The van der Waals surface area contributed by atoms with E-state index >= 15 is 0 Å². The molecule has 8 aromatic carbocycles. The van der Waals surface area contributed by atoms with E-state index in [-0.39, 0.29) is 16.9 Å². The predicted molar refractivity (Wildman–Crippen MR) is 254 cm³/mol. The Bertz CT molecular complexity index is 2970. The van der Waals surface area contributed by atoms with Gasteiger partial charge in [-0.05, 0) is 95.1 Å². The number of fused-ring (bicyclic) bond motifs is 6. The Balaban J connectivity index is 0.774. The number of hydrogen-bond donors (Lipinski definition) is 2. The number of benzene rings is 8. The standard InChI is InChI=1S/C55H44N4O2/c1-55(2,35-56-33-41-21-19-39(31-53(41)60)37-23-27-43(28-24-37)58-49-15-7-3-11-45(49)46-12-4-8-16-50(46)58)36-57-34-42-22-20-40(32-54(42)61)38-25-29-44(30-26-38)59-51-17-9-5-13-47(51)48-14-6-10-18-52(48)59/h3-34,60-61H,35-36H2,1-2H3/b56-33+,57-34+. The topological polar surface area (TPSA) is 75.0 Å². The molecule has 0 aliphatic rings. The lowest BCUT2D eigenvalue weighted by Crippen LogP contribution is -2.19. The summed E-state index contributed by atoms with van der Waals surface area (Å²) in [4.78, 5) is 9.39. The predicted octanol–water partition coefficient (Wildman–Crippen LogP) is 13.2. The maximum absolute atomic E-state index is 11.0. The Hall–Kier alpha value is -7.70. The van der Waals surface area contributed by atoms with E-state index in [1.807, 2.05) is 24.3 Å². The van der Waals surface area contributed by atoms with Gasteiger partial charge in [-0.3, -0.25) is 9.98 Å². The molecule has 0 unspecified atom stereocenters. The van der Waals surface area contributed by atoms with E-state index in [0.29, 0.717) is 24.2 Å². The third-order valence-corrected chi connectivity index (χ3v) is 11.6. The molecule has 6 heteroatoms. The molecule has 2 heterocycles. The maximum atomic E-state index is 11.0. The van der Waals surface area contributed by atoms with Crippen LogP contribution in [0.3, 0.4) is 0 Å². The lowest BCUT2D eigenvalue weighted by molar-refractivity contribution is 0.396. The molecule has 6 nitrogen and oxygen atoms in total. The number of aromatic hydroxyl groups is 2. The fourth-order valence-electron chi connectivity index (χ4n) is 8.50. The van der Waals surface area contributed by atoms with Gasteiger partial charge in [0.25, 0.3) is 0 Å². The minimum absolute atomic E-state index is 0.182. The van der Waals surface area contributed by atoms with E-state index in [1.165, 1.54) is 43.6 Å². The van der Waals surface area contributed by atoms with Gasteiger partial charge < -0.3 is 19.3 Å². The summed E-state index contributed by atoms with van der Waals surface area (Å²) in [6.07, 6.45) is 3.46. The van der Waals surface area contributed by atoms with Gasteiger partial charge in [-0.1, -0.05) is 123 Å². The van der Waals surface area contributed by atoms with Gasteiger partial charge in [0.1, 0.15) is 11.5 Å². The second-order valence-corrected chi connectivity index (χ2v) is 16.5. The number of aliphatic imine (C=N–C) groups is 2. The van der Waals surface area contributed by atoms with Crippen molar-refractivity contribution in [1.82, 2.24) is 9.13 Å². The zero-order chi connectivity index (χ0) is 41.5. The second-order valence-electron chi connectivity index (χ2n) is 16.5. The van der Waals surface area contributed by atoms with Crippen LogP contribution < -0.4 is 0 Å². The summed E-state index contributed by atoms with van der Waals surface area (Å²) in [7, 11) is 0. The molecule has 0 atom stereocenters. The minimum Gasteiger partial charge on any atom is -0.507 e. The van der Waals surface area contributed by atoms with Gasteiger partial charge in [0, 0.05) is 75.0 Å². The summed E-state index contributed by atoms with van der Waals surface area (Å²) in [5.74, 6) is 0.364. The molecule has 0 amide bonds. The van der Waals surface area contributed by atoms with Crippen molar-refractivity contribution in [2.75, 3.05) is 13.1 Å². The fourth-order valence-corrected chi connectivity index (χ4v) is 8.50. The summed E-state index contributed by atoms with van der Waals surface area (Å²) in [6.45, 7) is 5.26. The van der Waals surface area contributed by atoms with Gasteiger partial charge in [0.15, 0.2) is 0 Å². The van der Waals surface area contributed by atoms with E-state index < -0.39 is 0 Å². The third-order valence-electron chi connectivity index (χ3n) is 11.6. The van der Waals surface area contributed by atoms with Crippen LogP contribution in [0, 0.1) is 5.41 Å². The Labute approximate surface area is 354 Å². The smallest absolute Gasteiger partial charge is 0.124 e. The monoisotopic (exact) mass is 792 g/mol. The van der Waals surface area contributed by atoms with Gasteiger partial charge in [-0.15, -0.1) is 0 Å². The van der Waals surface area contributed by atoms with Crippen LogP contribution in [0.15, 0.2) is 192 Å². The number of hydrogen-bond acceptors (Lipinski definition) is 4. The summed E-state index contributed by atoms with van der Waals surface area (Å²) in [5, 5.41) is 26.9. The van der Waals surface area contributed by atoms with Crippen LogP contribution in [-0.4, -0.2) is 44.9 Å². The molecule has 0 fully saturated rings. The molecule has 0 spiro atoms. The number of rotatable bonds is 10. The molecular weight excluding hydrogens is 749 g/mol. The first kappa shape index (κ1) is 37.6. The van der Waals surface area contributed by atoms with E-state index in [9.17, 15) is 10.2 Å². The van der Waals surface area contributed by atoms with Crippen LogP contribution in [0.25, 0.3) is 77.2 Å². The first-order valence-electron chi connectivity index (χ1n) is 20.7. The van der Waals surface area contributed by atoms with Crippen LogP contribution in [-0.2, 0) is 0 Å². The first-order chi connectivity index (χ1) is 29.8. The molecule has 0 bridgehead atoms. The Morgan fingerprint density at radius 1 is 0.410 bits per heavy atom. The van der Waals surface area contributed by atoms with Crippen molar-refractivity contribution >= 4 is 56.0 Å². The molecule has 0 saturated heterocycles. The number of aromatic nitrogens is 2. The zero-order valence-electron chi connectivity index (χ0n) is 34.1. The van der Waals surface area contributed by atoms with Gasteiger partial charge in [0.05, 0.1) is 22.1 Å². The Kier molecular flexibility index (Phi) is 9.53. The maximum Gasteiger partial charge on any atom is 0.124 e. The van der Waals surface area contributed by atoms with Gasteiger partial charge in [0.2, 0.25) is 0 Å². The summed E-state index contributed by atoms with van der Waals surface area (Å²) >= 11 is 0. The van der Waals surface area contributed by atoms with Crippen molar-refractivity contribution in [1.29, 1.82) is 0 Å². The highest BCUT2D eigenvalue weighted by atomic mass is 16.3. The molecule has 10 aromatic rings. The molecule has 0 aliphatic heterocycles. The highest BCUT2D eigenvalue weighted by Gasteiger charge is 2.17. The van der Waals surface area contributed by atoms with Crippen LogP contribution in [0.4, 0.5) is 0 Å². The van der Waals surface area contributed by atoms with E-state index in [2.05, 4.69) is 169 Å². The Morgan fingerprint density at radius 2 is 0.721 bits per heavy atom. The summed E-state index contributed by atoms with van der Waals surface area (Å²) in [6, 6.07) is 62.4. The van der Waals surface area contributed by atoms with Crippen molar-refractivity contribution in [3.8, 4) is 45.1 Å². The van der Waals surface area contributed by atoms with E-state index in [0.717, 1.165) is 33.6 Å². The largest absolute Gasteiger partial charge is 0.507 e. The lowest BCUT2D eigenvalue weighted by atomic mass is 9.94. The van der Waals surface area contributed by atoms with Crippen molar-refractivity contribution in [2.24, 2.45) is 15.4 Å². The first-order valence-corrected chi connectivity index (χ1v) is 20.7. The van der Waals surface area contributed by atoms with Gasteiger partial charge in [-0.2, -0.15) is 0 Å². The minimum atomic E-state index is -0.242. The average Bonchev–Trinajstić information content (AvgIpc) is 3.81. The summed E-state index contributed by atoms with van der Waals surface area (Å²) in [5.41, 5.74) is 11.9. The zero-order valence-corrected chi connectivity index (χ0v) is 34.1. The lowest BCUT2D eigenvalue weighted by Gasteiger charge is -2.19. The van der Waals surface area contributed by atoms with Crippen molar-refractivity contribution in [3.63, 3.8) is 0 Å². The molecule has 0 saturated carbocycles. The fraction of sp³-hybridized carbons (Fsp3) is 0.0909. The van der Waals surface area contributed by atoms with Crippen LogP contribution in [0.1, 0.15) is 25.0 Å². The van der Waals surface area contributed by atoms with Crippen LogP contribution in [0.2, 0.25) is 0 Å². The van der Waals surface area contributed by atoms with Gasteiger partial charge >= 0.3 is 0 Å². The highest BCUT2D eigenvalue weighted by molar-refractivity contribution is 6.10. The number of phenolic OH excluding ortho intramolecular Hbond substituents is 2. The molecule has 0 radical (unpaired) electrons. The molecule has 0 aliphatic carbocycles. The number of para-hydroxylation sites is 4. The molecule has 61 heavy (non-hydrogen) atoms. The second kappa shape index (κ2) is 15.5. The third kappa shape index (κ3) is 7.12.